The van der Waals surface area contributed by atoms with Crippen LogP contribution in [0, 0.1) is 6.92 Å². The lowest BCUT2D eigenvalue weighted by molar-refractivity contribution is -0.137. The molecule has 0 aromatic heterocycles. The van der Waals surface area contributed by atoms with E-state index in [4.69, 9.17) is 10.5 Å². The number of nitrogens with two attached hydrogens (primary N) is 1. The lowest BCUT2D eigenvalue weighted by Gasteiger charge is -2.09. The molecular formula is C11H13NO2S. The molecule has 0 spiro atoms. The number of benzene rings is 1. The number of nitrogen functional groups attached to an aromatic ring is 1. The molecule has 2 rings (SSSR count). The zero-order valence-electron chi connectivity index (χ0n) is 8.53. The van der Waals surface area contributed by atoms with Crippen LogP contribution in [0.25, 0.3) is 0 Å². The van der Waals surface area contributed by atoms with Gasteiger partial charge in [-0.3, -0.25) is 4.79 Å². The van der Waals surface area contributed by atoms with Gasteiger partial charge in [-0.1, -0.05) is 6.07 Å². The number of rotatable bonds is 2. The van der Waals surface area contributed by atoms with Crippen LogP contribution in [0.2, 0.25) is 0 Å². The largest absolute Gasteiger partial charge is 0.465 e. The summed E-state index contributed by atoms with van der Waals surface area (Å²) < 4.78 is 4.92. The van der Waals surface area contributed by atoms with Crippen LogP contribution in [0.3, 0.4) is 0 Å². The van der Waals surface area contributed by atoms with E-state index >= 15 is 0 Å². The molecule has 2 N–H and O–H groups in total. The molecule has 0 aliphatic carbocycles. The van der Waals surface area contributed by atoms with E-state index in [-0.39, 0.29) is 11.2 Å². The molecule has 1 aliphatic heterocycles. The van der Waals surface area contributed by atoms with Gasteiger partial charge in [0, 0.05) is 17.0 Å². The Kier molecular flexibility index (Phi) is 2.86. The lowest BCUT2D eigenvalue weighted by Crippen LogP contribution is -2.09. The van der Waals surface area contributed by atoms with E-state index in [0.29, 0.717) is 6.61 Å². The van der Waals surface area contributed by atoms with E-state index in [2.05, 4.69) is 0 Å². The third-order valence-corrected chi connectivity index (χ3v) is 3.78. The quantitative estimate of drug-likeness (QED) is 0.615. The summed E-state index contributed by atoms with van der Waals surface area (Å²) in [6.07, 6.45) is 0.789. The molecule has 1 fully saturated rings. The van der Waals surface area contributed by atoms with Crippen molar-refractivity contribution in [2.45, 2.75) is 23.5 Å². The van der Waals surface area contributed by atoms with Crippen molar-refractivity contribution < 1.29 is 9.53 Å². The molecule has 0 amide bonds. The van der Waals surface area contributed by atoms with Crippen molar-refractivity contribution in [3.63, 3.8) is 0 Å². The number of carbonyl (C=O) groups is 1. The Morgan fingerprint density at radius 1 is 1.53 bits per heavy atom. The van der Waals surface area contributed by atoms with Crippen LogP contribution in [0.5, 0.6) is 0 Å². The fourth-order valence-electron chi connectivity index (χ4n) is 1.48. The third kappa shape index (κ3) is 2.26. The van der Waals surface area contributed by atoms with Gasteiger partial charge in [-0.25, -0.2) is 0 Å². The summed E-state index contributed by atoms with van der Waals surface area (Å²) in [6.45, 7) is 2.56. The third-order valence-electron chi connectivity index (χ3n) is 2.37. The van der Waals surface area contributed by atoms with Crippen LogP contribution >= 0.6 is 11.8 Å². The van der Waals surface area contributed by atoms with Crippen LogP contribution in [-0.2, 0) is 9.53 Å². The first-order chi connectivity index (χ1) is 7.16. The zero-order chi connectivity index (χ0) is 10.8. The highest BCUT2D eigenvalue weighted by molar-refractivity contribution is 8.00. The van der Waals surface area contributed by atoms with E-state index in [9.17, 15) is 4.79 Å². The average Bonchev–Trinajstić information content (AvgIpc) is 2.58. The topological polar surface area (TPSA) is 52.3 Å². The van der Waals surface area contributed by atoms with E-state index in [1.165, 1.54) is 0 Å². The second kappa shape index (κ2) is 4.14. The van der Waals surface area contributed by atoms with Crippen molar-refractivity contribution in [1.82, 2.24) is 0 Å². The maximum atomic E-state index is 11.3. The minimum Gasteiger partial charge on any atom is -0.465 e. The van der Waals surface area contributed by atoms with Gasteiger partial charge in [0.05, 0.1) is 6.61 Å². The smallest absolute Gasteiger partial charge is 0.319 e. The molecule has 1 unspecified atom stereocenters. The number of carbonyl (C=O) groups excluding carboxylic acids is 1. The molecule has 0 bridgehead atoms. The number of hydrogen-bond donors (Lipinski definition) is 1. The van der Waals surface area contributed by atoms with Crippen molar-refractivity contribution in [3.05, 3.63) is 23.8 Å². The Bertz CT molecular complexity index is 392. The molecule has 1 aromatic rings. The Balaban J connectivity index is 2.16. The van der Waals surface area contributed by atoms with E-state index in [1.807, 2.05) is 25.1 Å². The summed E-state index contributed by atoms with van der Waals surface area (Å²) >= 11 is 1.55. The van der Waals surface area contributed by atoms with Gasteiger partial charge in [-0.2, -0.15) is 0 Å². The number of anilines is 1. The van der Waals surface area contributed by atoms with Gasteiger partial charge in [-0.05, 0) is 24.6 Å². The van der Waals surface area contributed by atoms with Gasteiger partial charge in [0.25, 0.3) is 0 Å². The van der Waals surface area contributed by atoms with Crippen molar-refractivity contribution in [2.75, 3.05) is 12.3 Å². The number of thioether (sulfide) groups is 1. The number of hydrogen-bond acceptors (Lipinski definition) is 4. The van der Waals surface area contributed by atoms with Crippen LogP contribution in [0.4, 0.5) is 5.69 Å². The molecule has 80 valence electrons. The molecule has 4 heteroatoms. The minimum absolute atomic E-state index is 0.0644. The predicted molar refractivity (Wildman–Crippen MR) is 60.8 cm³/mol. The van der Waals surface area contributed by atoms with Gasteiger partial charge in [0.1, 0.15) is 5.25 Å². The SMILES string of the molecule is Cc1ccc(N)cc1SC1CCOC1=O. The molecule has 1 aliphatic rings. The highest BCUT2D eigenvalue weighted by Crippen LogP contribution is 2.32. The first-order valence-electron chi connectivity index (χ1n) is 4.86. The predicted octanol–water partition coefficient (Wildman–Crippen LogP) is 1.98. The van der Waals surface area contributed by atoms with Gasteiger partial charge in [-0.15, -0.1) is 11.8 Å². The number of aryl methyl sites for hydroxylation is 1. The Hall–Kier alpha value is -1.16. The summed E-state index contributed by atoms with van der Waals surface area (Å²) in [6, 6.07) is 5.75. The number of esters is 1. The minimum atomic E-state index is -0.109. The first kappa shape index (κ1) is 10.4. The maximum absolute atomic E-state index is 11.3. The molecule has 15 heavy (non-hydrogen) atoms. The molecule has 1 saturated heterocycles. The van der Waals surface area contributed by atoms with Crippen molar-refractivity contribution in [3.8, 4) is 0 Å². The fourth-order valence-corrected chi connectivity index (χ4v) is 2.62. The summed E-state index contributed by atoms with van der Waals surface area (Å²) in [5, 5.41) is -0.0644. The van der Waals surface area contributed by atoms with Gasteiger partial charge >= 0.3 is 5.97 Å². The molecule has 0 radical (unpaired) electrons. The zero-order valence-corrected chi connectivity index (χ0v) is 9.34. The van der Waals surface area contributed by atoms with Crippen LogP contribution in [0.15, 0.2) is 23.1 Å². The van der Waals surface area contributed by atoms with Crippen LogP contribution in [0.1, 0.15) is 12.0 Å². The average molecular weight is 223 g/mol. The highest BCUT2D eigenvalue weighted by Gasteiger charge is 2.27. The van der Waals surface area contributed by atoms with Crippen molar-refractivity contribution >= 4 is 23.4 Å². The Labute approximate surface area is 93.0 Å². The fraction of sp³-hybridized carbons (Fsp3) is 0.364. The van der Waals surface area contributed by atoms with Crippen molar-refractivity contribution in [1.29, 1.82) is 0 Å². The molecule has 1 heterocycles. The van der Waals surface area contributed by atoms with Crippen LogP contribution in [-0.4, -0.2) is 17.8 Å². The van der Waals surface area contributed by atoms with E-state index in [0.717, 1.165) is 22.6 Å². The lowest BCUT2D eigenvalue weighted by atomic mass is 10.2. The second-order valence-corrected chi connectivity index (χ2v) is 4.83. The molecular weight excluding hydrogens is 210 g/mol. The summed E-state index contributed by atoms with van der Waals surface area (Å²) in [7, 11) is 0. The molecule has 1 aromatic carbocycles. The maximum Gasteiger partial charge on any atom is 0.319 e. The Morgan fingerprint density at radius 3 is 3.00 bits per heavy atom. The number of cyclic esters (lactones) is 1. The van der Waals surface area contributed by atoms with Gasteiger partial charge in [0.2, 0.25) is 0 Å². The first-order valence-corrected chi connectivity index (χ1v) is 5.74. The van der Waals surface area contributed by atoms with E-state index < -0.39 is 0 Å². The van der Waals surface area contributed by atoms with Crippen molar-refractivity contribution in [2.24, 2.45) is 0 Å². The van der Waals surface area contributed by atoms with Crippen LogP contribution < -0.4 is 5.73 Å². The number of ether oxygens (including phenoxy) is 1. The normalized spacial score (nSPS) is 20.3. The highest BCUT2D eigenvalue weighted by atomic mass is 32.2. The standard InChI is InChI=1S/C11H13NO2S/c1-7-2-3-8(12)6-10(7)15-9-4-5-14-11(9)13/h2-3,6,9H,4-5,12H2,1H3. The Morgan fingerprint density at radius 2 is 2.33 bits per heavy atom. The van der Waals surface area contributed by atoms with Gasteiger partial charge < -0.3 is 10.5 Å². The summed E-state index contributed by atoms with van der Waals surface area (Å²) in [5.41, 5.74) is 7.58. The monoisotopic (exact) mass is 223 g/mol. The van der Waals surface area contributed by atoms with Gasteiger partial charge in [0.15, 0.2) is 0 Å². The molecule has 3 nitrogen and oxygen atoms in total. The molecule has 1 atom stereocenters. The summed E-state index contributed by atoms with van der Waals surface area (Å²) in [5.74, 6) is -0.109. The second-order valence-electron chi connectivity index (χ2n) is 3.59. The molecule has 0 saturated carbocycles. The summed E-state index contributed by atoms with van der Waals surface area (Å²) in [4.78, 5) is 12.4. The van der Waals surface area contributed by atoms with E-state index in [1.54, 1.807) is 11.8 Å².